The highest BCUT2D eigenvalue weighted by Crippen LogP contribution is 2.48. The van der Waals surface area contributed by atoms with Gasteiger partial charge in [0.25, 0.3) is 0 Å². The standard InChI is InChI=1S/C7H15O4P/c1-9-12(8,10-2)6-7-4-3-5-11-7/h7H,3-6H2,1-2H3. The highest BCUT2D eigenvalue weighted by Gasteiger charge is 2.29. The minimum Gasteiger partial charge on any atom is -0.378 e. The molecule has 1 aliphatic heterocycles. The molecule has 1 unspecified atom stereocenters. The van der Waals surface area contributed by atoms with Gasteiger partial charge >= 0.3 is 7.60 Å². The Balaban J connectivity index is 2.41. The lowest BCUT2D eigenvalue weighted by atomic mass is 10.3. The van der Waals surface area contributed by atoms with Gasteiger partial charge in [0, 0.05) is 20.8 Å². The quantitative estimate of drug-likeness (QED) is 0.638. The maximum Gasteiger partial charge on any atom is 0.332 e. The molecule has 0 N–H and O–H groups in total. The van der Waals surface area contributed by atoms with Gasteiger partial charge in [-0.05, 0) is 12.8 Å². The second-order valence-electron chi connectivity index (χ2n) is 2.79. The fourth-order valence-electron chi connectivity index (χ4n) is 1.26. The average molecular weight is 194 g/mol. The zero-order chi connectivity index (χ0) is 9.03. The third-order valence-corrected chi connectivity index (χ3v) is 3.97. The predicted molar refractivity (Wildman–Crippen MR) is 45.5 cm³/mol. The Morgan fingerprint density at radius 3 is 2.58 bits per heavy atom. The lowest BCUT2D eigenvalue weighted by Gasteiger charge is -2.16. The Morgan fingerprint density at radius 2 is 2.17 bits per heavy atom. The summed E-state index contributed by atoms with van der Waals surface area (Å²) in [7, 11) is -0.0513. The molecule has 1 fully saturated rings. The first-order valence-corrected chi connectivity index (χ1v) is 5.75. The van der Waals surface area contributed by atoms with Gasteiger partial charge in [-0.3, -0.25) is 4.57 Å². The second kappa shape index (κ2) is 4.38. The van der Waals surface area contributed by atoms with Crippen molar-refractivity contribution in [2.75, 3.05) is 27.0 Å². The molecule has 1 rings (SSSR count). The predicted octanol–water partition coefficient (Wildman–Crippen LogP) is 1.65. The molecule has 0 saturated carbocycles. The van der Waals surface area contributed by atoms with Gasteiger partial charge in [-0.1, -0.05) is 0 Å². The molecule has 1 heterocycles. The van der Waals surface area contributed by atoms with Crippen LogP contribution in [0.15, 0.2) is 0 Å². The van der Waals surface area contributed by atoms with Crippen LogP contribution in [0, 0.1) is 0 Å². The molecule has 4 nitrogen and oxygen atoms in total. The summed E-state index contributed by atoms with van der Waals surface area (Å²) >= 11 is 0. The smallest absolute Gasteiger partial charge is 0.332 e. The Kier molecular flexibility index (Phi) is 3.72. The molecule has 1 aliphatic rings. The van der Waals surface area contributed by atoms with Crippen molar-refractivity contribution in [1.82, 2.24) is 0 Å². The van der Waals surface area contributed by atoms with Crippen LogP contribution < -0.4 is 0 Å². The molecule has 0 bridgehead atoms. The zero-order valence-corrected chi connectivity index (χ0v) is 8.38. The summed E-state index contributed by atoms with van der Waals surface area (Å²) in [5.74, 6) is 0. The zero-order valence-electron chi connectivity index (χ0n) is 7.49. The van der Waals surface area contributed by atoms with Crippen molar-refractivity contribution in [3.05, 3.63) is 0 Å². The largest absolute Gasteiger partial charge is 0.378 e. The average Bonchev–Trinajstić information content (AvgIpc) is 2.57. The summed E-state index contributed by atoms with van der Waals surface area (Å²) in [4.78, 5) is 0. The van der Waals surface area contributed by atoms with E-state index >= 15 is 0 Å². The first-order valence-electron chi connectivity index (χ1n) is 4.02. The Hall–Kier alpha value is 0.110. The van der Waals surface area contributed by atoms with Crippen molar-refractivity contribution in [1.29, 1.82) is 0 Å². The van der Waals surface area contributed by atoms with Crippen molar-refractivity contribution < 1.29 is 18.3 Å². The minimum absolute atomic E-state index is 0.0516. The van der Waals surface area contributed by atoms with E-state index in [1.54, 1.807) is 0 Å². The molecule has 0 aromatic heterocycles. The van der Waals surface area contributed by atoms with Gasteiger partial charge in [-0.15, -0.1) is 0 Å². The van der Waals surface area contributed by atoms with E-state index in [1.165, 1.54) is 14.2 Å². The molecular formula is C7H15O4P. The Morgan fingerprint density at radius 1 is 1.50 bits per heavy atom. The Bertz CT molecular complexity index is 168. The second-order valence-corrected chi connectivity index (χ2v) is 5.11. The highest BCUT2D eigenvalue weighted by molar-refractivity contribution is 7.53. The molecule has 0 aromatic rings. The van der Waals surface area contributed by atoms with Gasteiger partial charge in [0.1, 0.15) is 0 Å². The normalized spacial score (nSPS) is 24.7. The van der Waals surface area contributed by atoms with Gasteiger partial charge in [-0.25, -0.2) is 0 Å². The monoisotopic (exact) mass is 194 g/mol. The molecule has 5 heteroatoms. The topological polar surface area (TPSA) is 44.8 Å². The van der Waals surface area contributed by atoms with Gasteiger partial charge in [-0.2, -0.15) is 0 Å². The van der Waals surface area contributed by atoms with Gasteiger partial charge in [0.15, 0.2) is 0 Å². The van der Waals surface area contributed by atoms with Crippen LogP contribution in [0.3, 0.4) is 0 Å². The number of rotatable bonds is 4. The summed E-state index contributed by atoms with van der Waals surface area (Å²) in [6.45, 7) is 0.762. The maximum absolute atomic E-state index is 11.6. The molecule has 1 atom stereocenters. The van der Waals surface area contributed by atoms with Crippen molar-refractivity contribution in [3.63, 3.8) is 0 Å². The summed E-state index contributed by atoms with van der Waals surface area (Å²) in [5.41, 5.74) is 0. The van der Waals surface area contributed by atoms with E-state index in [4.69, 9.17) is 13.8 Å². The van der Waals surface area contributed by atoms with E-state index in [1.807, 2.05) is 0 Å². The molecule has 0 spiro atoms. The number of hydrogen-bond acceptors (Lipinski definition) is 4. The number of hydrogen-bond donors (Lipinski definition) is 0. The number of ether oxygens (including phenoxy) is 1. The fraction of sp³-hybridized carbons (Fsp3) is 1.00. The van der Waals surface area contributed by atoms with Gasteiger partial charge in [0.05, 0.1) is 12.3 Å². The van der Waals surface area contributed by atoms with Crippen LogP contribution in [-0.2, 0) is 18.3 Å². The van der Waals surface area contributed by atoms with Crippen molar-refractivity contribution in [3.8, 4) is 0 Å². The molecular weight excluding hydrogens is 179 g/mol. The third-order valence-electron chi connectivity index (χ3n) is 2.01. The first-order chi connectivity index (χ1) is 5.70. The van der Waals surface area contributed by atoms with E-state index < -0.39 is 7.60 Å². The van der Waals surface area contributed by atoms with Crippen LogP contribution in [0.1, 0.15) is 12.8 Å². The van der Waals surface area contributed by atoms with Gasteiger partial charge in [0.2, 0.25) is 0 Å². The SMILES string of the molecule is COP(=O)(CC1CCCO1)OC. The molecule has 0 radical (unpaired) electrons. The van der Waals surface area contributed by atoms with E-state index in [-0.39, 0.29) is 6.10 Å². The van der Waals surface area contributed by atoms with Crippen molar-refractivity contribution in [2.24, 2.45) is 0 Å². The van der Waals surface area contributed by atoms with Crippen LogP contribution in [0.25, 0.3) is 0 Å². The highest BCUT2D eigenvalue weighted by atomic mass is 31.2. The third kappa shape index (κ3) is 2.56. The summed E-state index contributed by atoms with van der Waals surface area (Å²) < 4.78 is 26.5. The van der Waals surface area contributed by atoms with E-state index in [0.717, 1.165) is 19.4 Å². The van der Waals surface area contributed by atoms with Crippen LogP contribution in [0.2, 0.25) is 0 Å². The fourth-order valence-corrected chi connectivity index (χ4v) is 2.50. The molecule has 0 amide bonds. The lowest BCUT2D eigenvalue weighted by molar-refractivity contribution is 0.120. The molecule has 0 aromatic carbocycles. The minimum atomic E-state index is -2.86. The van der Waals surface area contributed by atoms with Crippen LogP contribution in [0.5, 0.6) is 0 Å². The van der Waals surface area contributed by atoms with Gasteiger partial charge < -0.3 is 13.8 Å². The summed E-state index contributed by atoms with van der Waals surface area (Å²) in [5, 5.41) is 0. The summed E-state index contributed by atoms with van der Waals surface area (Å²) in [6, 6.07) is 0. The van der Waals surface area contributed by atoms with Crippen molar-refractivity contribution >= 4 is 7.60 Å². The maximum atomic E-state index is 11.6. The first kappa shape index (κ1) is 10.2. The van der Waals surface area contributed by atoms with Crippen molar-refractivity contribution in [2.45, 2.75) is 18.9 Å². The van der Waals surface area contributed by atoms with E-state index in [2.05, 4.69) is 0 Å². The molecule has 0 aliphatic carbocycles. The summed E-state index contributed by atoms with van der Waals surface area (Å²) in [6.07, 6.45) is 2.42. The van der Waals surface area contributed by atoms with E-state index in [9.17, 15) is 4.57 Å². The van der Waals surface area contributed by atoms with Crippen LogP contribution >= 0.6 is 7.60 Å². The molecule has 12 heavy (non-hydrogen) atoms. The Labute approximate surface area is 72.7 Å². The lowest BCUT2D eigenvalue weighted by Crippen LogP contribution is -2.12. The van der Waals surface area contributed by atoms with Crippen LogP contribution in [0.4, 0.5) is 0 Å². The molecule has 72 valence electrons. The molecule has 1 saturated heterocycles. The van der Waals surface area contributed by atoms with Crippen LogP contribution in [-0.4, -0.2) is 33.1 Å². The van der Waals surface area contributed by atoms with E-state index in [0.29, 0.717) is 6.16 Å².